The lowest BCUT2D eigenvalue weighted by molar-refractivity contribution is 0.669. The average molecular weight is 705 g/mol. The molecule has 0 bridgehead atoms. The Bertz CT molecular complexity index is 3320. The van der Waals surface area contributed by atoms with Gasteiger partial charge >= 0.3 is 0 Å². The normalized spacial score (nSPS) is 12.3. The molecule has 0 radical (unpaired) electrons. The van der Waals surface area contributed by atoms with Crippen LogP contribution >= 0.6 is 0 Å². The standard InChI is InChI=1S/C54H40O/c1-31(2)36-19-11-21-39-40(36)25-23-34-28-49-48-29-35(24-26-50(48)55-51(49)30-46(34)39)52-41-15-7-9-17-43(41)54(44-18-10-8-16-42(44)52)53-38-14-6-5-13-33(38)27-47-37(32(3)4)20-12-22-45(47)53/h5-32H,1-4H3. The first-order chi connectivity index (χ1) is 26.9. The SMILES string of the molecule is CC(C)c1cccc2c(-c3c4ccccc4c(-c4ccc5oc6cc7c(ccc8c(C(C)C)cccc87)cc6c5c4)c4ccccc34)c3ccccc3cc12. The number of fused-ring (bicyclic) bond motifs is 10. The summed E-state index contributed by atoms with van der Waals surface area (Å²) in [7, 11) is 0. The van der Waals surface area contributed by atoms with Crippen LogP contribution in [0.5, 0.6) is 0 Å². The molecule has 0 fully saturated rings. The highest BCUT2D eigenvalue weighted by atomic mass is 16.3. The smallest absolute Gasteiger partial charge is 0.136 e. The van der Waals surface area contributed by atoms with Crippen LogP contribution in [0.3, 0.4) is 0 Å². The van der Waals surface area contributed by atoms with Crippen molar-refractivity contribution >= 4 is 86.6 Å². The molecule has 0 saturated heterocycles. The maximum absolute atomic E-state index is 6.64. The molecule has 0 aliphatic carbocycles. The minimum atomic E-state index is 0.414. The lowest BCUT2D eigenvalue weighted by Gasteiger charge is -2.21. The van der Waals surface area contributed by atoms with E-state index < -0.39 is 0 Å². The van der Waals surface area contributed by atoms with Gasteiger partial charge in [-0.3, -0.25) is 0 Å². The van der Waals surface area contributed by atoms with Crippen molar-refractivity contribution in [2.24, 2.45) is 0 Å². The van der Waals surface area contributed by atoms with Crippen LogP contribution in [-0.4, -0.2) is 0 Å². The Labute approximate surface area is 320 Å². The number of benzene rings is 10. The molecule has 0 aliphatic heterocycles. The Morgan fingerprint density at radius 2 is 0.818 bits per heavy atom. The Kier molecular flexibility index (Phi) is 7.01. The Morgan fingerprint density at radius 3 is 1.51 bits per heavy atom. The summed E-state index contributed by atoms with van der Waals surface area (Å²) in [5.41, 5.74) is 9.67. The summed E-state index contributed by atoms with van der Waals surface area (Å²) < 4.78 is 6.64. The lowest BCUT2D eigenvalue weighted by Crippen LogP contribution is -1.95. The van der Waals surface area contributed by atoms with Crippen LogP contribution in [0, 0.1) is 0 Å². The average Bonchev–Trinajstić information content (AvgIpc) is 3.57. The summed E-state index contributed by atoms with van der Waals surface area (Å²) in [6.07, 6.45) is 0. The molecule has 1 aromatic heterocycles. The highest BCUT2D eigenvalue weighted by Gasteiger charge is 2.22. The zero-order valence-electron chi connectivity index (χ0n) is 31.6. The van der Waals surface area contributed by atoms with E-state index in [1.54, 1.807) is 0 Å². The highest BCUT2D eigenvalue weighted by molar-refractivity contribution is 6.28. The van der Waals surface area contributed by atoms with Crippen molar-refractivity contribution in [2.75, 3.05) is 0 Å². The maximum atomic E-state index is 6.64. The summed E-state index contributed by atoms with van der Waals surface area (Å²) in [5.74, 6) is 0.873. The second-order valence-electron chi connectivity index (χ2n) is 16.0. The Hall–Kier alpha value is -6.44. The number of hydrogen-bond acceptors (Lipinski definition) is 1. The van der Waals surface area contributed by atoms with Crippen LogP contribution in [0.2, 0.25) is 0 Å². The molecule has 1 heterocycles. The Morgan fingerprint density at radius 1 is 0.309 bits per heavy atom. The van der Waals surface area contributed by atoms with Gasteiger partial charge in [0.05, 0.1) is 0 Å². The van der Waals surface area contributed by atoms with Gasteiger partial charge in [0.25, 0.3) is 0 Å². The molecule has 262 valence electrons. The minimum absolute atomic E-state index is 0.414. The van der Waals surface area contributed by atoms with E-state index in [1.807, 2.05) is 0 Å². The van der Waals surface area contributed by atoms with E-state index >= 15 is 0 Å². The number of rotatable bonds is 4. The van der Waals surface area contributed by atoms with Crippen LogP contribution in [0.4, 0.5) is 0 Å². The van der Waals surface area contributed by atoms with E-state index in [1.165, 1.54) is 98.0 Å². The van der Waals surface area contributed by atoms with Gasteiger partial charge in [0, 0.05) is 10.8 Å². The first-order valence-electron chi connectivity index (χ1n) is 19.6. The molecule has 10 aromatic carbocycles. The first-order valence-corrected chi connectivity index (χ1v) is 19.6. The summed E-state index contributed by atoms with van der Waals surface area (Å²) in [4.78, 5) is 0. The zero-order valence-corrected chi connectivity index (χ0v) is 31.6. The van der Waals surface area contributed by atoms with Crippen molar-refractivity contribution in [3.05, 3.63) is 169 Å². The molecular weight excluding hydrogens is 665 g/mol. The topological polar surface area (TPSA) is 13.1 Å². The van der Waals surface area contributed by atoms with Crippen molar-refractivity contribution < 1.29 is 4.42 Å². The van der Waals surface area contributed by atoms with Crippen molar-refractivity contribution in [1.82, 2.24) is 0 Å². The second kappa shape index (κ2) is 12.0. The van der Waals surface area contributed by atoms with Gasteiger partial charge in [0.15, 0.2) is 0 Å². The summed E-state index contributed by atoms with van der Waals surface area (Å²) in [6, 6.07) is 58.9. The Balaban J connectivity index is 1.20. The predicted octanol–water partition coefficient (Wildman–Crippen LogP) is 16.1. The molecule has 0 aliphatic rings. The van der Waals surface area contributed by atoms with E-state index in [4.69, 9.17) is 4.42 Å². The van der Waals surface area contributed by atoms with Crippen molar-refractivity contribution in [1.29, 1.82) is 0 Å². The van der Waals surface area contributed by atoms with Crippen LogP contribution in [0.1, 0.15) is 50.7 Å². The van der Waals surface area contributed by atoms with Crippen LogP contribution < -0.4 is 0 Å². The van der Waals surface area contributed by atoms with Gasteiger partial charge in [-0.25, -0.2) is 0 Å². The molecule has 55 heavy (non-hydrogen) atoms. The molecular formula is C54H40O. The fourth-order valence-corrected chi connectivity index (χ4v) is 9.64. The molecule has 0 amide bonds. The highest BCUT2D eigenvalue weighted by Crippen LogP contribution is 2.49. The lowest BCUT2D eigenvalue weighted by atomic mass is 9.82. The van der Waals surface area contributed by atoms with Gasteiger partial charge < -0.3 is 4.42 Å². The molecule has 11 rings (SSSR count). The molecule has 0 unspecified atom stereocenters. The molecule has 0 atom stereocenters. The first kappa shape index (κ1) is 32.0. The fraction of sp³-hybridized carbons (Fsp3) is 0.111. The zero-order chi connectivity index (χ0) is 36.9. The predicted molar refractivity (Wildman–Crippen MR) is 238 cm³/mol. The number of hydrogen-bond donors (Lipinski definition) is 0. The largest absolute Gasteiger partial charge is 0.456 e. The van der Waals surface area contributed by atoms with Crippen LogP contribution in [0.15, 0.2) is 162 Å². The van der Waals surface area contributed by atoms with E-state index in [9.17, 15) is 0 Å². The van der Waals surface area contributed by atoms with E-state index in [0.29, 0.717) is 11.8 Å². The van der Waals surface area contributed by atoms with E-state index in [0.717, 1.165) is 21.9 Å². The molecule has 11 aromatic rings. The van der Waals surface area contributed by atoms with Gasteiger partial charge in [0.2, 0.25) is 0 Å². The molecule has 0 spiro atoms. The molecule has 1 heteroatoms. The van der Waals surface area contributed by atoms with Gasteiger partial charge in [-0.15, -0.1) is 0 Å². The third-order valence-electron chi connectivity index (χ3n) is 12.2. The van der Waals surface area contributed by atoms with Crippen molar-refractivity contribution in [2.45, 2.75) is 39.5 Å². The maximum Gasteiger partial charge on any atom is 0.136 e. The molecule has 1 nitrogen and oxygen atoms in total. The third kappa shape index (κ3) is 4.72. The molecule has 0 saturated carbocycles. The third-order valence-corrected chi connectivity index (χ3v) is 12.2. The van der Waals surface area contributed by atoms with Crippen LogP contribution in [0.25, 0.3) is 109 Å². The van der Waals surface area contributed by atoms with E-state index in [2.05, 4.69) is 185 Å². The van der Waals surface area contributed by atoms with Gasteiger partial charge in [-0.05, 0) is 140 Å². The summed E-state index contributed by atoms with van der Waals surface area (Å²) in [5, 5.41) is 17.6. The van der Waals surface area contributed by atoms with Crippen LogP contribution in [-0.2, 0) is 0 Å². The summed E-state index contributed by atoms with van der Waals surface area (Å²) >= 11 is 0. The van der Waals surface area contributed by atoms with Gasteiger partial charge in [-0.1, -0.05) is 155 Å². The van der Waals surface area contributed by atoms with Crippen molar-refractivity contribution in [3.8, 4) is 22.3 Å². The molecule has 0 N–H and O–H groups in total. The van der Waals surface area contributed by atoms with Gasteiger partial charge in [-0.2, -0.15) is 0 Å². The minimum Gasteiger partial charge on any atom is -0.456 e. The monoisotopic (exact) mass is 704 g/mol. The quantitative estimate of drug-likeness (QED) is 0.131. The number of furan rings is 1. The van der Waals surface area contributed by atoms with E-state index in [-0.39, 0.29) is 0 Å². The second-order valence-corrected chi connectivity index (χ2v) is 16.0. The van der Waals surface area contributed by atoms with Gasteiger partial charge in [0.1, 0.15) is 11.2 Å². The fourth-order valence-electron chi connectivity index (χ4n) is 9.64. The van der Waals surface area contributed by atoms with Crippen molar-refractivity contribution in [3.63, 3.8) is 0 Å². The summed E-state index contributed by atoms with van der Waals surface area (Å²) in [6.45, 7) is 9.14.